The molecule has 0 aliphatic carbocycles. The van der Waals surface area contributed by atoms with E-state index in [2.05, 4.69) is 36.5 Å². The van der Waals surface area contributed by atoms with E-state index in [0.29, 0.717) is 0 Å². The van der Waals surface area contributed by atoms with E-state index in [1.165, 1.54) is 16.3 Å². The predicted molar refractivity (Wildman–Crippen MR) is 54.6 cm³/mol. The van der Waals surface area contributed by atoms with Crippen molar-refractivity contribution in [2.75, 3.05) is 0 Å². The highest BCUT2D eigenvalue weighted by molar-refractivity contribution is 6.63. The minimum absolute atomic E-state index is 0.860. The van der Waals surface area contributed by atoms with Crippen LogP contribution in [0.4, 0.5) is 0 Å². The molecule has 0 spiro atoms. The zero-order valence-electron chi connectivity index (χ0n) is 6.88. The molecule has 2 rings (SSSR count). The molecule has 2 radical (unpaired) electrons. The van der Waals surface area contributed by atoms with Gasteiger partial charge in [-0.25, -0.2) is 0 Å². The summed E-state index contributed by atoms with van der Waals surface area (Å²) in [6.07, 6.45) is 2.97. The van der Waals surface area contributed by atoms with Crippen molar-refractivity contribution in [1.29, 1.82) is 0 Å². The lowest BCUT2D eigenvalue weighted by Crippen LogP contribution is -2.10. The molecule has 0 fully saturated rings. The summed E-state index contributed by atoms with van der Waals surface area (Å²) in [6, 6.07) is 8.62. The minimum atomic E-state index is 0.860. The first-order chi connectivity index (χ1) is 5.92. The third-order valence-electron chi connectivity index (χ3n) is 2.04. The fourth-order valence-electron chi connectivity index (χ4n) is 1.46. The van der Waals surface area contributed by atoms with Crippen molar-refractivity contribution in [3.05, 3.63) is 48.2 Å². The Morgan fingerprint density at radius 2 is 2.17 bits per heavy atom. The second-order valence-electron chi connectivity index (χ2n) is 2.85. The number of allylic oxidation sites excluding steroid dienone is 2. The zero-order valence-corrected chi connectivity index (χ0v) is 7.88. The second kappa shape index (κ2) is 3.11. The molecule has 0 unspecified atom stereocenters. The molecule has 0 amide bonds. The van der Waals surface area contributed by atoms with Crippen LogP contribution >= 0.6 is 0 Å². The molecule has 0 bridgehead atoms. The van der Waals surface area contributed by atoms with E-state index in [4.69, 9.17) is 0 Å². The van der Waals surface area contributed by atoms with Gasteiger partial charge in [-0.3, -0.25) is 0 Å². The van der Waals surface area contributed by atoms with Crippen molar-refractivity contribution >= 4 is 20.3 Å². The van der Waals surface area contributed by atoms with Crippen LogP contribution in [0.3, 0.4) is 0 Å². The lowest BCUT2D eigenvalue weighted by molar-refractivity contribution is 1.43. The summed E-state index contributed by atoms with van der Waals surface area (Å²) in [4.78, 5) is 0. The molecule has 0 aromatic heterocycles. The van der Waals surface area contributed by atoms with Crippen molar-refractivity contribution in [1.82, 2.24) is 0 Å². The molecule has 12 heavy (non-hydrogen) atoms. The fraction of sp³-hybridized carbons (Fsp3) is 0.0909. The maximum absolute atomic E-state index is 3.76. The van der Waals surface area contributed by atoms with Gasteiger partial charge in [0, 0.05) is 0 Å². The maximum Gasteiger partial charge on any atom is 0.112 e. The standard InChI is InChI=1S/C11H10Si/c1-2-5-9-8-12-11-7-4-3-6-10(9)11/h2-4,6-8H,1,5H2. The van der Waals surface area contributed by atoms with E-state index in [1.54, 1.807) is 0 Å². The van der Waals surface area contributed by atoms with Crippen molar-refractivity contribution in [3.63, 3.8) is 0 Å². The Morgan fingerprint density at radius 3 is 3.00 bits per heavy atom. The van der Waals surface area contributed by atoms with Crippen LogP contribution in [-0.2, 0) is 0 Å². The highest BCUT2D eigenvalue weighted by Gasteiger charge is 2.11. The quantitative estimate of drug-likeness (QED) is 0.470. The molecule has 0 saturated carbocycles. The Labute approximate surface area is 75.4 Å². The van der Waals surface area contributed by atoms with Crippen molar-refractivity contribution < 1.29 is 0 Å². The number of rotatable bonds is 2. The highest BCUT2D eigenvalue weighted by Crippen LogP contribution is 2.20. The van der Waals surface area contributed by atoms with Crippen molar-refractivity contribution in [2.24, 2.45) is 0 Å². The molecular weight excluding hydrogens is 160 g/mol. The van der Waals surface area contributed by atoms with Crippen LogP contribution in [-0.4, -0.2) is 9.52 Å². The fourth-order valence-corrected chi connectivity index (χ4v) is 2.65. The Bertz CT molecular complexity index is 337. The molecule has 0 saturated heterocycles. The molecule has 1 heteroatoms. The topological polar surface area (TPSA) is 0 Å². The van der Waals surface area contributed by atoms with Gasteiger partial charge in [0.25, 0.3) is 0 Å². The van der Waals surface area contributed by atoms with Crippen LogP contribution in [0.2, 0.25) is 0 Å². The number of benzene rings is 1. The molecule has 0 nitrogen and oxygen atoms in total. The molecule has 0 N–H and O–H groups in total. The molecular formula is C11H10Si. The number of fused-ring (bicyclic) bond motifs is 1. The van der Waals surface area contributed by atoms with Crippen LogP contribution in [0, 0.1) is 0 Å². The molecule has 0 atom stereocenters. The summed E-state index contributed by atoms with van der Waals surface area (Å²) in [5.74, 6) is 0. The summed E-state index contributed by atoms with van der Waals surface area (Å²) in [6.45, 7) is 3.76. The summed E-state index contributed by atoms with van der Waals surface area (Å²) < 4.78 is 0. The summed E-state index contributed by atoms with van der Waals surface area (Å²) >= 11 is 0. The predicted octanol–water partition coefficient (Wildman–Crippen LogP) is 1.95. The Morgan fingerprint density at radius 1 is 1.33 bits per heavy atom. The van der Waals surface area contributed by atoms with Crippen LogP contribution in [0.5, 0.6) is 0 Å². The molecule has 1 aromatic carbocycles. The smallest absolute Gasteiger partial charge is 0.103 e. The van der Waals surface area contributed by atoms with Gasteiger partial charge in [-0.05, 0) is 17.6 Å². The van der Waals surface area contributed by atoms with E-state index in [0.717, 1.165) is 15.9 Å². The van der Waals surface area contributed by atoms with Gasteiger partial charge in [-0.1, -0.05) is 41.2 Å². The lowest BCUT2D eigenvalue weighted by atomic mass is 10.1. The van der Waals surface area contributed by atoms with E-state index >= 15 is 0 Å². The van der Waals surface area contributed by atoms with E-state index < -0.39 is 0 Å². The Hall–Kier alpha value is -1.08. The summed E-state index contributed by atoms with van der Waals surface area (Å²) in [5.41, 5.74) is 5.20. The van der Waals surface area contributed by atoms with Gasteiger partial charge >= 0.3 is 0 Å². The second-order valence-corrected chi connectivity index (χ2v) is 3.97. The van der Waals surface area contributed by atoms with Gasteiger partial charge in [-0.15, -0.1) is 6.58 Å². The Kier molecular flexibility index (Phi) is 1.96. The highest BCUT2D eigenvalue weighted by atomic mass is 28.2. The number of hydrogen-bond acceptors (Lipinski definition) is 0. The third-order valence-corrected chi connectivity index (χ3v) is 3.28. The molecule has 1 aliphatic heterocycles. The van der Waals surface area contributed by atoms with Crippen LogP contribution in [0.15, 0.2) is 42.6 Å². The third kappa shape index (κ3) is 1.16. The van der Waals surface area contributed by atoms with Crippen molar-refractivity contribution in [3.8, 4) is 0 Å². The molecule has 1 heterocycles. The maximum atomic E-state index is 3.76. The minimum Gasteiger partial charge on any atom is -0.103 e. The van der Waals surface area contributed by atoms with E-state index in [-0.39, 0.29) is 0 Å². The molecule has 58 valence electrons. The average molecular weight is 170 g/mol. The first-order valence-corrected chi connectivity index (χ1v) is 5.15. The lowest BCUT2D eigenvalue weighted by Gasteiger charge is -2.01. The van der Waals surface area contributed by atoms with E-state index in [1.807, 2.05) is 6.08 Å². The van der Waals surface area contributed by atoms with Gasteiger partial charge in [0.15, 0.2) is 0 Å². The molecule has 1 aromatic rings. The summed E-state index contributed by atoms with van der Waals surface area (Å²) in [7, 11) is 0.860. The van der Waals surface area contributed by atoms with E-state index in [9.17, 15) is 0 Å². The SMILES string of the molecule is C=CCC1=C[Si]c2ccccc21. The van der Waals surface area contributed by atoms with Crippen LogP contribution in [0.1, 0.15) is 12.0 Å². The van der Waals surface area contributed by atoms with Gasteiger partial charge in [0.05, 0.1) is 0 Å². The van der Waals surface area contributed by atoms with Gasteiger partial charge in [0.1, 0.15) is 9.52 Å². The van der Waals surface area contributed by atoms with Crippen LogP contribution < -0.4 is 5.19 Å². The van der Waals surface area contributed by atoms with Gasteiger partial charge in [0.2, 0.25) is 0 Å². The summed E-state index contributed by atoms with van der Waals surface area (Å²) in [5, 5.41) is 1.48. The largest absolute Gasteiger partial charge is 0.112 e. The normalized spacial score (nSPS) is 13.8. The number of hydrogen-bond donors (Lipinski definition) is 0. The molecule has 1 aliphatic rings. The first-order valence-electron chi connectivity index (χ1n) is 4.07. The Balaban J connectivity index is 2.38. The van der Waals surface area contributed by atoms with Crippen LogP contribution in [0.25, 0.3) is 5.57 Å². The monoisotopic (exact) mass is 170 g/mol. The average Bonchev–Trinajstić information content (AvgIpc) is 2.50. The van der Waals surface area contributed by atoms with Gasteiger partial charge in [-0.2, -0.15) is 0 Å². The van der Waals surface area contributed by atoms with Gasteiger partial charge < -0.3 is 0 Å². The first kappa shape index (κ1) is 7.56. The van der Waals surface area contributed by atoms with Crippen molar-refractivity contribution in [2.45, 2.75) is 6.42 Å². The zero-order chi connectivity index (χ0) is 8.39.